The molecule has 0 aliphatic carbocycles. The van der Waals surface area contributed by atoms with Gasteiger partial charge < -0.3 is 4.90 Å². The maximum absolute atomic E-state index is 10.7. The fraction of sp³-hybridized carbons (Fsp3) is 0.500. The number of nitrogens with zero attached hydrogens (tertiary/aromatic N) is 2. The number of halogens is 2. The molecule has 0 radical (unpaired) electrons. The molecule has 0 atom stereocenters. The quantitative estimate of drug-likeness (QED) is 0.600. The highest BCUT2D eigenvalue weighted by Crippen LogP contribution is 2.39. The van der Waals surface area contributed by atoms with Gasteiger partial charge in [0.2, 0.25) is 0 Å². The van der Waals surface area contributed by atoms with Gasteiger partial charge >= 0.3 is 0 Å². The lowest BCUT2D eigenvalue weighted by molar-refractivity contribution is -0.384. The van der Waals surface area contributed by atoms with E-state index in [2.05, 4.69) is 27.8 Å². The summed E-state index contributed by atoms with van der Waals surface area (Å²) in [6.07, 6.45) is 2.25. The van der Waals surface area contributed by atoms with Crippen molar-refractivity contribution in [2.24, 2.45) is 5.92 Å². The molecule has 1 aromatic carbocycles. The summed E-state index contributed by atoms with van der Waals surface area (Å²) in [5.41, 5.74) is 0.884. The number of hydrogen-bond acceptors (Lipinski definition) is 3. The predicted molar refractivity (Wildman–Crippen MR) is 76.4 cm³/mol. The van der Waals surface area contributed by atoms with Crippen LogP contribution in [0.5, 0.6) is 0 Å². The van der Waals surface area contributed by atoms with Crippen LogP contribution in [-0.4, -0.2) is 18.0 Å². The zero-order valence-electron chi connectivity index (χ0n) is 10.0. The molecule has 1 heterocycles. The molecule has 1 saturated heterocycles. The first kappa shape index (κ1) is 13.6. The first-order valence-electron chi connectivity index (χ1n) is 5.87. The molecule has 18 heavy (non-hydrogen) atoms. The molecule has 2 rings (SSSR count). The fourth-order valence-corrected chi connectivity index (χ4v) is 3.34. The van der Waals surface area contributed by atoms with Crippen molar-refractivity contribution in [1.29, 1.82) is 0 Å². The van der Waals surface area contributed by atoms with E-state index in [9.17, 15) is 10.1 Å². The SMILES string of the molecule is CC1CCN(c2c(Cl)cc([N+](=O)[O-])cc2Br)CC1. The van der Waals surface area contributed by atoms with Crippen LogP contribution in [0.2, 0.25) is 5.02 Å². The van der Waals surface area contributed by atoms with Crippen LogP contribution in [0.25, 0.3) is 0 Å². The smallest absolute Gasteiger partial charge is 0.272 e. The normalized spacial score (nSPS) is 16.9. The van der Waals surface area contributed by atoms with E-state index in [1.165, 1.54) is 12.1 Å². The van der Waals surface area contributed by atoms with E-state index in [0.717, 1.165) is 37.5 Å². The summed E-state index contributed by atoms with van der Waals surface area (Å²) in [4.78, 5) is 12.5. The van der Waals surface area contributed by atoms with E-state index < -0.39 is 4.92 Å². The lowest BCUT2D eigenvalue weighted by atomic mass is 9.99. The molecule has 1 fully saturated rings. The van der Waals surface area contributed by atoms with Gasteiger partial charge in [0.1, 0.15) is 0 Å². The van der Waals surface area contributed by atoms with Crippen molar-refractivity contribution >= 4 is 38.9 Å². The number of nitro groups is 1. The summed E-state index contributed by atoms with van der Waals surface area (Å²) in [6, 6.07) is 2.93. The van der Waals surface area contributed by atoms with Gasteiger partial charge in [0, 0.05) is 29.7 Å². The average Bonchev–Trinajstić information content (AvgIpc) is 2.30. The lowest BCUT2D eigenvalue weighted by Crippen LogP contribution is -2.33. The minimum atomic E-state index is -0.432. The second-order valence-corrected chi connectivity index (χ2v) is 5.95. The summed E-state index contributed by atoms with van der Waals surface area (Å²) < 4.78 is 0.691. The highest BCUT2D eigenvalue weighted by Gasteiger charge is 2.22. The van der Waals surface area contributed by atoms with E-state index in [1.807, 2.05) is 0 Å². The van der Waals surface area contributed by atoms with Crippen LogP contribution in [0.15, 0.2) is 16.6 Å². The van der Waals surface area contributed by atoms with Crippen molar-refractivity contribution in [2.45, 2.75) is 19.8 Å². The summed E-state index contributed by atoms with van der Waals surface area (Å²) in [5.74, 6) is 0.733. The number of non-ortho nitro benzene ring substituents is 1. The maximum atomic E-state index is 10.7. The van der Waals surface area contributed by atoms with E-state index in [4.69, 9.17) is 11.6 Å². The number of anilines is 1. The van der Waals surface area contributed by atoms with E-state index >= 15 is 0 Å². The number of nitro benzene ring substituents is 1. The Bertz CT molecular complexity index is 450. The van der Waals surface area contributed by atoms with Crippen molar-refractivity contribution in [3.63, 3.8) is 0 Å². The Morgan fingerprint density at radius 1 is 1.44 bits per heavy atom. The van der Waals surface area contributed by atoms with E-state index in [1.54, 1.807) is 0 Å². The molecular weight excluding hydrogens is 320 g/mol. The van der Waals surface area contributed by atoms with Gasteiger partial charge in [-0.3, -0.25) is 10.1 Å². The molecule has 0 aromatic heterocycles. The van der Waals surface area contributed by atoms with Gasteiger partial charge in [0.25, 0.3) is 5.69 Å². The molecule has 0 N–H and O–H groups in total. The van der Waals surface area contributed by atoms with Gasteiger partial charge in [-0.15, -0.1) is 0 Å². The number of rotatable bonds is 2. The summed E-state index contributed by atoms with van der Waals surface area (Å²) >= 11 is 9.56. The third kappa shape index (κ3) is 2.78. The summed E-state index contributed by atoms with van der Waals surface area (Å²) in [6.45, 7) is 4.12. The highest BCUT2D eigenvalue weighted by molar-refractivity contribution is 9.10. The number of hydrogen-bond donors (Lipinski definition) is 0. The lowest BCUT2D eigenvalue weighted by Gasteiger charge is -2.33. The molecule has 4 nitrogen and oxygen atoms in total. The first-order chi connectivity index (χ1) is 8.49. The summed E-state index contributed by atoms with van der Waals surface area (Å²) in [7, 11) is 0. The Balaban J connectivity index is 2.31. The molecule has 0 saturated carbocycles. The topological polar surface area (TPSA) is 46.4 Å². The Morgan fingerprint density at radius 2 is 2.06 bits per heavy atom. The van der Waals surface area contributed by atoms with Gasteiger partial charge in [0.15, 0.2) is 0 Å². The number of piperidine rings is 1. The molecular formula is C12H14BrClN2O2. The Hall–Kier alpha value is -0.810. The maximum Gasteiger partial charge on any atom is 0.272 e. The Labute approximate surface area is 119 Å². The fourth-order valence-electron chi connectivity index (χ4n) is 2.19. The minimum absolute atomic E-state index is 0.0148. The second kappa shape index (κ2) is 5.45. The predicted octanol–water partition coefficient (Wildman–Crippen LogP) is 4.25. The average molecular weight is 334 g/mol. The Morgan fingerprint density at radius 3 is 2.56 bits per heavy atom. The Kier molecular flexibility index (Phi) is 4.12. The zero-order valence-corrected chi connectivity index (χ0v) is 12.4. The molecule has 0 bridgehead atoms. The van der Waals surface area contributed by atoms with Crippen molar-refractivity contribution < 1.29 is 4.92 Å². The van der Waals surface area contributed by atoms with Crippen LogP contribution in [-0.2, 0) is 0 Å². The van der Waals surface area contributed by atoms with Gasteiger partial charge in [-0.25, -0.2) is 0 Å². The monoisotopic (exact) mass is 332 g/mol. The zero-order chi connectivity index (χ0) is 13.3. The van der Waals surface area contributed by atoms with Gasteiger partial charge in [-0.05, 0) is 34.7 Å². The molecule has 1 aliphatic rings. The van der Waals surface area contributed by atoms with Gasteiger partial charge in [-0.1, -0.05) is 18.5 Å². The molecule has 0 spiro atoms. The third-order valence-corrected chi connectivity index (χ3v) is 4.20. The van der Waals surface area contributed by atoms with Crippen LogP contribution >= 0.6 is 27.5 Å². The molecule has 0 unspecified atom stereocenters. The minimum Gasteiger partial charge on any atom is -0.369 e. The van der Waals surface area contributed by atoms with Crippen LogP contribution < -0.4 is 4.90 Å². The molecule has 98 valence electrons. The largest absolute Gasteiger partial charge is 0.369 e. The first-order valence-corrected chi connectivity index (χ1v) is 7.04. The number of benzene rings is 1. The van der Waals surface area contributed by atoms with Gasteiger partial charge in [0.05, 0.1) is 15.6 Å². The molecule has 6 heteroatoms. The van der Waals surface area contributed by atoms with Crippen LogP contribution in [0, 0.1) is 16.0 Å². The van der Waals surface area contributed by atoms with Crippen LogP contribution in [0.1, 0.15) is 19.8 Å². The van der Waals surface area contributed by atoms with Crippen LogP contribution in [0.4, 0.5) is 11.4 Å². The molecule has 1 aromatic rings. The van der Waals surface area contributed by atoms with Crippen molar-refractivity contribution in [2.75, 3.05) is 18.0 Å². The molecule has 0 amide bonds. The highest BCUT2D eigenvalue weighted by atomic mass is 79.9. The van der Waals surface area contributed by atoms with Crippen LogP contribution in [0.3, 0.4) is 0 Å². The van der Waals surface area contributed by atoms with Gasteiger partial charge in [-0.2, -0.15) is 0 Å². The second-order valence-electron chi connectivity index (χ2n) is 4.68. The standard InChI is InChI=1S/C12H14BrClN2O2/c1-8-2-4-15(5-3-8)12-10(13)6-9(16(17)18)7-11(12)14/h6-8H,2-5H2,1H3. The molecule has 1 aliphatic heterocycles. The van der Waals surface area contributed by atoms with E-state index in [0.29, 0.717) is 9.50 Å². The van der Waals surface area contributed by atoms with Crippen molar-refractivity contribution in [3.8, 4) is 0 Å². The van der Waals surface area contributed by atoms with E-state index in [-0.39, 0.29) is 5.69 Å². The summed E-state index contributed by atoms with van der Waals surface area (Å²) in [5, 5.41) is 11.2. The van der Waals surface area contributed by atoms with Crippen molar-refractivity contribution in [3.05, 3.63) is 31.7 Å². The van der Waals surface area contributed by atoms with Crippen molar-refractivity contribution in [1.82, 2.24) is 0 Å². The third-order valence-electron chi connectivity index (χ3n) is 3.31.